The Kier molecular flexibility index (Phi) is 7.34. The van der Waals surface area contributed by atoms with Gasteiger partial charge in [0.2, 0.25) is 5.76 Å². The first-order chi connectivity index (χ1) is 20.4. The topological polar surface area (TPSA) is 68.2 Å². The van der Waals surface area contributed by atoms with Crippen molar-refractivity contribution in [3.05, 3.63) is 82.7 Å². The highest BCUT2D eigenvalue weighted by Gasteiger charge is 2.57. The predicted octanol–water partition coefficient (Wildman–Crippen LogP) is 6.46. The molecular weight excluding hydrogens is 526 g/mol. The molecule has 0 radical (unpaired) electrons. The molecule has 4 aliphatic heterocycles. The normalized spacial score (nSPS) is 40.5. The molecule has 6 heteroatoms. The molecule has 1 aromatic rings. The Bertz CT molecular complexity index is 1340. The zero-order chi connectivity index (χ0) is 29.1. The Morgan fingerprint density at radius 2 is 1.88 bits per heavy atom. The van der Waals surface area contributed by atoms with E-state index >= 15 is 0 Å². The smallest absolute Gasteiger partial charge is 0.343 e. The van der Waals surface area contributed by atoms with Crippen molar-refractivity contribution in [3.8, 4) is 0 Å². The number of benzene rings is 1. The van der Waals surface area contributed by atoms with E-state index in [9.17, 15) is 9.90 Å². The van der Waals surface area contributed by atoms with Gasteiger partial charge in [0.1, 0.15) is 5.76 Å². The molecule has 0 bridgehead atoms. The summed E-state index contributed by atoms with van der Waals surface area (Å²) in [6, 6.07) is 11.4. The number of rotatable bonds is 4. The Labute approximate surface area is 250 Å². The van der Waals surface area contributed by atoms with Crippen molar-refractivity contribution in [2.45, 2.75) is 83.4 Å². The zero-order valence-electron chi connectivity index (χ0n) is 25.4. The van der Waals surface area contributed by atoms with Gasteiger partial charge in [0.15, 0.2) is 11.5 Å². The minimum absolute atomic E-state index is 0.0150. The van der Waals surface area contributed by atoms with Crippen molar-refractivity contribution in [1.29, 1.82) is 0 Å². The van der Waals surface area contributed by atoms with Crippen molar-refractivity contribution in [3.63, 3.8) is 0 Å². The van der Waals surface area contributed by atoms with E-state index in [0.717, 1.165) is 44.4 Å². The van der Waals surface area contributed by atoms with E-state index in [0.29, 0.717) is 46.5 Å². The number of allylic oxidation sites excluding steroid dienone is 2. The first kappa shape index (κ1) is 28.0. The molecule has 7 rings (SSSR count). The van der Waals surface area contributed by atoms with Crippen LogP contribution in [0.3, 0.4) is 0 Å². The van der Waals surface area contributed by atoms with E-state index in [1.165, 1.54) is 12.0 Å². The third-order valence-electron chi connectivity index (χ3n) is 11.4. The van der Waals surface area contributed by atoms with Crippen LogP contribution in [0.5, 0.6) is 0 Å². The molecule has 6 aliphatic rings. The SMILES string of the molecule is COC1=C(C)C(=O)OC1=C1OC2=CCCN3C(CC4C(c5ccccc5)CCC4C3C(O)C3C=CCC(C)C3)C2C1C. The second kappa shape index (κ2) is 11.0. The van der Waals surface area contributed by atoms with E-state index in [2.05, 4.69) is 67.3 Å². The Morgan fingerprint density at radius 1 is 1.07 bits per heavy atom. The molecule has 42 heavy (non-hydrogen) atoms. The first-order valence-corrected chi connectivity index (χ1v) is 16.1. The number of esters is 1. The Morgan fingerprint density at radius 3 is 2.64 bits per heavy atom. The highest BCUT2D eigenvalue weighted by Crippen LogP contribution is 2.57. The van der Waals surface area contributed by atoms with Crippen LogP contribution in [0.4, 0.5) is 0 Å². The molecule has 1 N–H and O–H groups in total. The molecule has 2 saturated heterocycles. The van der Waals surface area contributed by atoms with Crippen LogP contribution in [-0.2, 0) is 19.0 Å². The lowest BCUT2D eigenvalue weighted by Crippen LogP contribution is -2.61. The molecule has 0 spiro atoms. The molecule has 10 unspecified atom stereocenters. The molecule has 3 fully saturated rings. The van der Waals surface area contributed by atoms with Crippen molar-refractivity contribution in [1.82, 2.24) is 4.90 Å². The molecule has 1 saturated carbocycles. The van der Waals surface area contributed by atoms with Gasteiger partial charge in [-0.1, -0.05) is 56.3 Å². The van der Waals surface area contributed by atoms with Crippen LogP contribution in [0, 0.1) is 35.5 Å². The fraction of sp³-hybridized carbons (Fsp3) is 0.583. The van der Waals surface area contributed by atoms with Gasteiger partial charge in [0, 0.05) is 36.4 Å². The maximum Gasteiger partial charge on any atom is 0.343 e. The molecule has 6 nitrogen and oxygen atoms in total. The molecule has 0 amide bonds. The van der Waals surface area contributed by atoms with E-state index in [1.54, 1.807) is 14.0 Å². The Hall–Kier alpha value is -2.83. The highest BCUT2D eigenvalue weighted by atomic mass is 16.6. The van der Waals surface area contributed by atoms with Gasteiger partial charge in [-0.05, 0) is 80.8 Å². The van der Waals surface area contributed by atoms with Crippen LogP contribution in [0.1, 0.15) is 70.8 Å². The number of aliphatic hydroxyl groups is 1. The van der Waals surface area contributed by atoms with Gasteiger partial charge in [0.05, 0.1) is 18.8 Å². The maximum atomic E-state index is 12.5. The number of piperidine rings is 1. The number of fused-ring (bicyclic) bond motifs is 4. The minimum atomic E-state index is -0.396. The summed E-state index contributed by atoms with van der Waals surface area (Å²) in [5.74, 6) is 4.62. The van der Waals surface area contributed by atoms with Crippen LogP contribution >= 0.6 is 0 Å². The lowest BCUT2D eigenvalue weighted by Gasteiger charge is -2.53. The van der Waals surface area contributed by atoms with Gasteiger partial charge in [-0.3, -0.25) is 4.90 Å². The van der Waals surface area contributed by atoms with Crippen LogP contribution in [-0.4, -0.2) is 47.8 Å². The van der Waals surface area contributed by atoms with Gasteiger partial charge in [-0.25, -0.2) is 4.79 Å². The fourth-order valence-electron chi connectivity index (χ4n) is 9.50. The summed E-state index contributed by atoms with van der Waals surface area (Å²) in [6.07, 6.45) is 12.9. The zero-order valence-corrected chi connectivity index (χ0v) is 25.4. The standard InChI is InChI=1S/C36H45NO5/c1-20-10-8-13-24(18-20)32(38)31-26-16-15-25(23-11-6-5-7-12-23)27(26)19-28-30-21(2)34(41-29(30)14-9-17-37(28)31)35-33(40-4)22(3)36(39)42-35/h5-8,11-14,20-21,24-28,30-32,38H,9-10,15-19H2,1-4H3. The molecule has 224 valence electrons. The summed E-state index contributed by atoms with van der Waals surface area (Å²) in [7, 11) is 1.58. The third-order valence-corrected chi connectivity index (χ3v) is 11.4. The van der Waals surface area contributed by atoms with Crippen LogP contribution < -0.4 is 0 Å². The average molecular weight is 572 g/mol. The van der Waals surface area contributed by atoms with Gasteiger partial charge >= 0.3 is 5.97 Å². The highest BCUT2D eigenvalue weighted by molar-refractivity contribution is 5.93. The molecule has 2 aliphatic carbocycles. The number of carbonyl (C=O) groups is 1. The number of hydrogen-bond donors (Lipinski definition) is 1. The predicted molar refractivity (Wildman–Crippen MR) is 161 cm³/mol. The number of ether oxygens (including phenoxy) is 3. The van der Waals surface area contributed by atoms with Gasteiger partial charge < -0.3 is 19.3 Å². The van der Waals surface area contributed by atoms with E-state index in [1.807, 2.05) is 0 Å². The summed E-state index contributed by atoms with van der Waals surface area (Å²) in [4.78, 5) is 15.2. The van der Waals surface area contributed by atoms with Crippen molar-refractivity contribution in [2.75, 3.05) is 13.7 Å². The molecule has 10 atom stereocenters. The summed E-state index contributed by atoms with van der Waals surface area (Å²) in [5, 5.41) is 12.3. The number of aliphatic hydroxyl groups excluding tert-OH is 1. The first-order valence-electron chi connectivity index (χ1n) is 16.1. The van der Waals surface area contributed by atoms with Crippen molar-refractivity contribution >= 4 is 5.97 Å². The summed E-state index contributed by atoms with van der Waals surface area (Å²) in [5.41, 5.74) is 1.91. The summed E-state index contributed by atoms with van der Waals surface area (Å²) >= 11 is 0. The molecular formula is C36H45NO5. The number of nitrogens with zero attached hydrogens (tertiary/aromatic N) is 1. The largest absolute Gasteiger partial charge is 0.492 e. The maximum absolute atomic E-state index is 12.5. The van der Waals surface area contributed by atoms with Crippen molar-refractivity contribution in [2.24, 2.45) is 35.5 Å². The number of cyclic esters (lactones) is 1. The van der Waals surface area contributed by atoms with Gasteiger partial charge in [-0.2, -0.15) is 0 Å². The van der Waals surface area contributed by atoms with Crippen LogP contribution in [0.25, 0.3) is 0 Å². The van der Waals surface area contributed by atoms with Crippen LogP contribution in [0.2, 0.25) is 0 Å². The average Bonchev–Trinajstić information content (AvgIpc) is 3.60. The minimum Gasteiger partial charge on any atom is -0.492 e. The lowest BCUT2D eigenvalue weighted by molar-refractivity contribution is -0.133. The van der Waals surface area contributed by atoms with Gasteiger partial charge in [-0.15, -0.1) is 0 Å². The van der Waals surface area contributed by atoms with Crippen LogP contribution in [0.15, 0.2) is 77.2 Å². The van der Waals surface area contributed by atoms with Crippen molar-refractivity contribution < 1.29 is 24.1 Å². The number of methoxy groups -OCH3 is 1. The van der Waals surface area contributed by atoms with E-state index in [-0.39, 0.29) is 35.8 Å². The second-order valence-electron chi connectivity index (χ2n) is 13.7. The quantitative estimate of drug-likeness (QED) is 0.330. The molecule has 1 aromatic carbocycles. The number of hydrogen-bond acceptors (Lipinski definition) is 6. The molecule has 0 aromatic heterocycles. The molecule has 4 heterocycles. The third kappa shape index (κ3) is 4.48. The second-order valence-corrected chi connectivity index (χ2v) is 13.7. The fourth-order valence-corrected chi connectivity index (χ4v) is 9.50. The van der Waals surface area contributed by atoms with E-state index < -0.39 is 6.10 Å². The lowest BCUT2D eigenvalue weighted by atomic mass is 9.67. The Balaban J connectivity index is 1.28. The van der Waals surface area contributed by atoms with Gasteiger partial charge in [0.25, 0.3) is 0 Å². The van der Waals surface area contributed by atoms with E-state index in [4.69, 9.17) is 14.2 Å². The summed E-state index contributed by atoms with van der Waals surface area (Å²) < 4.78 is 18.0. The summed E-state index contributed by atoms with van der Waals surface area (Å²) in [6.45, 7) is 7.19. The number of carbonyl (C=O) groups excluding carboxylic acids is 1. The monoisotopic (exact) mass is 571 g/mol.